The second-order valence-electron chi connectivity index (χ2n) is 7.89. The molecule has 1 unspecified atom stereocenters. The first-order valence-electron chi connectivity index (χ1n) is 11.9. The van der Waals surface area contributed by atoms with Gasteiger partial charge in [-0.3, -0.25) is 14.2 Å². The Balaban J connectivity index is 3.50. The van der Waals surface area contributed by atoms with E-state index in [2.05, 4.69) is 26.9 Å². The molecule has 0 aromatic carbocycles. The minimum absolute atomic E-state index is 0.0963. The molecule has 194 valence electrons. The van der Waals surface area contributed by atoms with Gasteiger partial charge < -0.3 is 34.6 Å². The molecule has 0 aromatic rings. The highest BCUT2D eigenvalue weighted by Crippen LogP contribution is 2.37. The Morgan fingerprint density at radius 3 is 2.00 bits per heavy atom. The third-order valence-electron chi connectivity index (χ3n) is 4.69. The molecule has 0 aliphatic heterocycles. The van der Waals surface area contributed by atoms with Gasteiger partial charge in [-0.1, -0.05) is 44.3 Å². The van der Waals surface area contributed by atoms with Gasteiger partial charge in [0.1, 0.15) is 19.3 Å². The van der Waals surface area contributed by atoms with Crippen molar-refractivity contribution in [2.75, 3.05) is 26.4 Å². The smallest absolute Gasteiger partial charge is 0.305 e. The van der Waals surface area contributed by atoms with Gasteiger partial charge in [0.25, 0.3) is 7.82 Å². The molecule has 5 N–H and O–H groups in total. The average Bonchev–Trinajstić information content (AvgIpc) is 2.77. The Morgan fingerprint density at radius 1 is 0.879 bits per heavy atom. The van der Waals surface area contributed by atoms with E-state index < -0.39 is 32.5 Å². The first-order chi connectivity index (χ1) is 15.8. The first kappa shape index (κ1) is 31.7. The molecule has 0 saturated heterocycles. The summed E-state index contributed by atoms with van der Waals surface area (Å²) < 4.78 is 25.2. The highest BCUT2D eigenvalue weighted by molar-refractivity contribution is 7.45. The van der Waals surface area contributed by atoms with E-state index in [1.165, 1.54) is 0 Å². The number of aliphatic carboxylic acids is 1. The Labute approximate surface area is 197 Å². The van der Waals surface area contributed by atoms with Gasteiger partial charge in [-0.2, -0.15) is 0 Å². The van der Waals surface area contributed by atoms with Crippen LogP contribution < -0.4 is 10.6 Å². The standard InChI is InChI=1S/C22H42NO9P/c23-16-17-31-33(28,29)32-19-20(24)18-30-22(27)15-13-11-9-7-5-3-1-2-4-6-8-10-12-14-21(25)26/h1,3,20,24H,2,4-19,23H2,(H,25,26)(H,28,29)/b3-1-/t20-/m1/s1. The van der Waals surface area contributed by atoms with Crippen LogP contribution in [0.3, 0.4) is 0 Å². The van der Waals surface area contributed by atoms with E-state index in [9.17, 15) is 24.2 Å². The number of phosphoric ester groups is 1. The van der Waals surface area contributed by atoms with E-state index in [1.54, 1.807) is 0 Å². The summed E-state index contributed by atoms with van der Waals surface area (Å²) in [6.45, 7) is -0.694. The van der Waals surface area contributed by atoms with Gasteiger partial charge in [0.05, 0.1) is 13.2 Å². The van der Waals surface area contributed by atoms with Gasteiger partial charge in [-0.15, -0.1) is 0 Å². The molecule has 0 fully saturated rings. The Bertz CT molecular complexity index is 586. The van der Waals surface area contributed by atoms with Crippen LogP contribution in [0.2, 0.25) is 0 Å². The van der Waals surface area contributed by atoms with Crippen molar-refractivity contribution >= 4 is 19.8 Å². The number of quaternary nitrogens is 1. The SMILES string of the molecule is [NH3+]CCOP(=O)([O-])OC[C@H](O)COC(=O)CCCCCC/C=C\CCCCCCCC(=O)O. The molecule has 0 spiro atoms. The second-order valence-corrected chi connectivity index (χ2v) is 9.30. The zero-order valence-corrected chi connectivity index (χ0v) is 20.6. The highest BCUT2D eigenvalue weighted by Gasteiger charge is 2.15. The van der Waals surface area contributed by atoms with Crippen molar-refractivity contribution in [2.45, 2.75) is 89.6 Å². The molecular weight excluding hydrogens is 453 g/mol. The molecule has 0 saturated carbocycles. The molecule has 0 aliphatic rings. The zero-order chi connectivity index (χ0) is 24.8. The number of carboxylic acids is 1. The number of allylic oxidation sites excluding steroid dienone is 2. The predicted octanol–water partition coefficient (Wildman–Crippen LogP) is 2.35. The van der Waals surface area contributed by atoms with E-state index in [-0.39, 0.29) is 32.6 Å². The molecule has 0 rings (SSSR count). The Morgan fingerprint density at radius 2 is 1.42 bits per heavy atom. The molecule has 11 heteroatoms. The normalized spacial score (nSPS) is 14.3. The van der Waals surface area contributed by atoms with Crippen molar-refractivity contribution in [2.24, 2.45) is 0 Å². The molecule has 10 nitrogen and oxygen atoms in total. The molecular formula is C22H42NO9P. The van der Waals surface area contributed by atoms with Crippen LogP contribution in [0.5, 0.6) is 0 Å². The van der Waals surface area contributed by atoms with E-state index >= 15 is 0 Å². The molecule has 0 aliphatic carbocycles. The first-order valence-corrected chi connectivity index (χ1v) is 13.3. The number of ether oxygens (including phenoxy) is 1. The lowest BCUT2D eigenvalue weighted by Gasteiger charge is -2.23. The predicted molar refractivity (Wildman–Crippen MR) is 121 cm³/mol. The van der Waals surface area contributed by atoms with Crippen molar-refractivity contribution in [1.82, 2.24) is 0 Å². The number of esters is 1. The monoisotopic (exact) mass is 495 g/mol. The maximum Gasteiger partial charge on any atom is 0.305 e. The van der Waals surface area contributed by atoms with Crippen molar-refractivity contribution in [3.63, 3.8) is 0 Å². The van der Waals surface area contributed by atoms with Gasteiger partial charge in [0.15, 0.2) is 0 Å². The molecule has 0 aromatic heterocycles. The van der Waals surface area contributed by atoms with Crippen LogP contribution in [0, 0.1) is 0 Å². The van der Waals surface area contributed by atoms with E-state index in [0.717, 1.165) is 64.2 Å². The van der Waals surface area contributed by atoms with Crippen LogP contribution in [0.4, 0.5) is 0 Å². The molecule has 0 heterocycles. The summed E-state index contributed by atoms with van der Waals surface area (Å²) in [4.78, 5) is 33.4. The van der Waals surface area contributed by atoms with E-state index in [1.807, 2.05) is 0 Å². The summed E-state index contributed by atoms with van der Waals surface area (Å²) in [7, 11) is -4.47. The lowest BCUT2D eigenvalue weighted by molar-refractivity contribution is -0.373. The number of phosphoric acid groups is 1. The second kappa shape index (κ2) is 21.3. The van der Waals surface area contributed by atoms with Gasteiger partial charge in [0.2, 0.25) is 0 Å². The lowest BCUT2D eigenvalue weighted by Crippen LogP contribution is -2.52. The van der Waals surface area contributed by atoms with Crippen molar-refractivity contribution in [3.05, 3.63) is 12.2 Å². The zero-order valence-electron chi connectivity index (χ0n) is 19.7. The molecule has 0 radical (unpaired) electrons. The molecule has 0 bridgehead atoms. The van der Waals surface area contributed by atoms with Crippen LogP contribution in [0.25, 0.3) is 0 Å². The fraction of sp³-hybridized carbons (Fsp3) is 0.818. The molecule has 2 atom stereocenters. The van der Waals surface area contributed by atoms with Crippen LogP contribution in [-0.4, -0.2) is 54.6 Å². The van der Waals surface area contributed by atoms with Gasteiger partial charge in [0, 0.05) is 12.8 Å². The van der Waals surface area contributed by atoms with Crippen LogP contribution in [0.15, 0.2) is 12.2 Å². The number of rotatable bonds is 23. The number of hydrogen-bond acceptors (Lipinski definition) is 8. The fourth-order valence-corrected chi connectivity index (χ4v) is 3.67. The Hall–Kier alpha value is -1.29. The van der Waals surface area contributed by atoms with Crippen molar-refractivity contribution < 1.29 is 48.8 Å². The summed E-state index contributed by atoms with van der Waals surface area (Å²) in [5, 5.41) is 18.2. The lowest BCUT2D eigenvalue weighted by atomic mass is 10.1. The molecule has 0 amide bonds. The summed E-state index contributed by atoms with van der Waals surface area (Å²) in [6, 6.07) is 0. The van der Waals surface area contributed by atoms with Crippen LogP contribution in [-0.2, 0) is 27.9 Å². The third-order valence-corrected chi connectivity index (χ3v) is 5.65. The van der Waals surface area contributed by atoms with Crippen LogP contribution in [0.1, 0.15) is 83.5 Å². The maximum atomic E-state index is 11.7. The summed E-state index contributed by atoms with van der Waals surface area (Å²) in [5.41, 5.74) is 3.44. The van der Waals surface area contributed by atoms with E-state index in [4.69, 9.17) is 9.84 Å². The highest BCUT2D eigenvalue weighted by atomic mass is 31.2. The number of carbonyl (C=O) groups excluding carboxylic acids is 1. The number of carbonyl (C=O) groups is 2. The Kier molecular flexibility index (Phi) is 20.4. The quantitative estimate of drug-likeness (QED) is 0.0833. The number of hydrogen-bond donors (Lipinski definition) is 3. The summed E-state index contributed by atoms with van der Waals surface area (Å²) in [6.07, 6.45) is 14.5. The van der Waals surface area contributed by atoms with Gasteiger partial charge in [-0.25, -0.2) is 0 Å². The van der Waals surface area contributed by atoms with Crippen LogP contribution >= 0.6 is 7.82 Å². The largest absolute Gasteiger partial charge is 0.756 e. The van der Waals surface area contributed by atoms with Gasteiger partial charge >= 0.3 is 11.9 Å². The van der Waals surface area contributed by atoms with E-state index in [0.29, 0.717) is 6.42 Å². The minimum Gasteiger partial charge on any atom is -0.756 e. The minimum atomic E-state index is -4.47. The number of aliphatic hydroxyl groups is 1. The third kappa shape index (κ3) is 23.7. The topological polar surface area (TPSA) is 170 Å². The number of aliphatic hydroxyl groups excluding tert-OH is 1. The number of unbranched alkanes of at least 4 members (excludes halogenated alkanes) is 9. The average molecular weight is 496 g/mol. The van der Waals surface area contributed by atoms with Crippen molar-refractivity contribution in [1.29, 1.82) is 0 Å². The number of carboxylic acid groups (broad SMARTS) is 1. The maximum absolute atomic E-state index is 11.7. The summed E-state index contributed by atoms with van der Waals surface area (Å²) in [5.74, 6) is -1.15. The molecule has 33 heavy (non-hydrogen) atoms. The summed E-state index contributed by atoms with van der Waals surface area (Å²) >= 11 is 0. The fourth-order valence-electron chi connectivity index (χ4n) is 2.89. The van der Waals surface area contributed by atoms with Gasteiger partial charge in [-0.05, 0) is 38.5 Å². The van der Waals surface area contributed by atoms with Crippen molar-refractivity contribution in [3.8, 4) is 0 Å².